The third kappa shape index (κ3) is 3.36. The Labute approximate surface area is 194 Å². The molecule has 5 aromatic rings. The van der Waals surface area contributed by atoms with Gasteiger partial charge in [-0.25, -0.2) is 14.3 Å². The highest BCUT2D eigenvalue weighted by Gasteiger charge is 2.29. The quantitative estimate of drug-likeness (QED) is 0.403. The van der Waals surface area contributed by atoms with E-state index in [2.05, 4.69) is 15.2 Å². The van der Waals surface area contributed by atoms with Crippen LogP contribution in [-0.4, -0.2) is 36.1 Å². The van der Waals surface area contributed by atoms with Crippen molar-refractivity contribution in [3.63, 3.8) is 0 Å². The Bertz CT molecular complexity index is 1530. The van der Waals surface area contributed by atoms with Gasteiger partial charge in [0.2, 0.25) is 0 Å². The minimum absolute atomic E-state index is 0.123. The molecule has 0 unspecified atom stereocenters. The molecular formula is C27H17N5O2. The second-order valence-corrected chi connectivity index (χ2v) is 7.86. The zero-order chi connectivity index (χ0) is 23.1. The molecule has 0 radical (unpaired) electrons. The van der Waals surface area contributed by atoms with E-state index in [0.29, 0.717) is 33.9 Å². The first-order valence-electron chi connectivity index (χ1n) is 10.7. The van der Waals surface area contributed by atoms with Gasteiger partial charge in [0.15, 0.2) is 23.2 Å². The van der Waals surface area contributed by atoms with E-state index >= 15 is 0 Å². The van der Waals surface area contributed by atoms with Crippen LogP contribution in [-0.2, 0) is 0 Å². The number of hydrogen-bond donors (Lipinski definition) is 0. The first-order valence-corrected chi connectivity index (χ1v) is 10.7. The molecule has 1 aliphatic carbocycles. The zero-order valence-corrected chi connectivity index (χ0v) is 17.9. The molecule has 0 spiro atoms. The summed E-state index contributed by atoms with van der Waals surface area (Å²) in [6.07, 6.45) is 10.9. The van der Waals surface area contributed by atoms with E-state index in [1.165, 1.54) is 0 Å². The summed E-state index contributed by atoms with van der Waals surface area (Å²) in [5.74, 6) is 1.05. The largest absolute Gasteiger partial charge is 0.289 e. The molecule has 0 amide bonds. The molecule has 0 aliphatic heterocycles. The molecule has 2 aromatic carbocycles. The molecule has 34 heavy (non-hydrogen) atoms. The number of carbonyl (C=O) groups excluding carboxylic acids is 2. The van der Waals surface area contributed by atoms with Crippen LogP contribution >= 0.6 is 0 Å². The number of rotatable bonds is 4. The second-order valence-electron chi connectivity index (χ2n) is 7.86. The van der Waals surface area contributed by atoms with Gasteiger partial charge in [-0.3, -0.25) is 9.59 Å². The molecule has 0 saturated heterocycles. The van der Waals surface area contributed by atoms with Crippen molar-refractivity contribution in [3.8, 4) is 11.6 Å². The standard InChI is InChI=1S/C27H17N5O2/c33-26-20-5-1-2-6-21(20)27(34)23-15-18(9-10-22(23)26)7-8-19-16-24(31-13-3-11-28-31)30-25(17-19)32-14-4-12-29-32/h1-17H/b8-7+. The molecule has 7 nitrogen and oxygen atoms in total. The van der Waals surface area contributed by atoms with Crippen LogP contribution in [0.2, 0.25) is 0 Å². The number of ketones is 2. The lowest BCUT2D eigenvalue weighted by Gasteiger charge is -2.17. The topological polar surface area (TPSA) is 82.7 Å². The highest BCUT2D eigenvalue weighted by Crippen LogP contribution is 2.28. The smallest absolute Gasteiger partial charge is 0.194 e. The fourth-order valence-corrected chi connectivity index (χ4v) is 4.07. The molecular weight excluding hydrogens is 426 g/mol. The van der Waals surface area contributed by atoms with Crippen LogP contribution in [0.1, 0.15) is 43.0 Å². The summed E-state index contributed by atoms with van der Waals surface area (Å²) in [4.78, 5) is 30.5. The summed E-state index contributed by atoms with van der Waals surface area (Å²) in [6.45, 7) is 0. The van der Waals surface area contributed by atoms with Crippen molar-refractivity contribution >= 4 is 23.7 Å². The van der Waals surface area contributed by atoms with Crippen LogP contribution in [0.4, 0.5) is 0 Å². The van der Waals surface area contributed by atoms with Crippen LogP contribution in [0.3, 0.4) is 0 Å². The highest BCUT2D eigenvalue weighted by atomic mass is 16.1. The van der Waals surface area contributed by atoms with Gasteiger partial charge in [-0.05, 0) is 47.5 Å². The van der Waals surface area contributed by atoms with E-state index in [4.69, 9.17) is 0 Å². The number of fused-ring (bicyclic) bond motifs is 2. The van der Waals surface area contributed by atoms with Gasteiger partial charge in [0.1, 0.15) is 0 Å². The Balaban J connectivity index is 1.38. The summed E-state index contributed by atoms with van der Waals surface area (Å²) >= 11 is 0. The van der Waals surface area contributed by atoms with Crippen molar-refractivity contribution in [2.24, 2.45) is 0 Å². The first-order chi connectivity index (χ1) is 16.7. The van der Waals surface area contributed by atoms with Crippen molar-refractivity contribution < 1.29 is 9.59 Å². The number of hydrogen-bond acceptors (Lipinski definition) is 5. The van der Waals surface area contributed by atoms with E-state index in [-0.39, 0.29) is 11.6 Å². The second kappa shape index (κ2) is 7.90. The fraction of sp³-hybridized carbons (Fsp3) is 0. The van der Waals surface area contributed by atoms with E-state index in [1.807, 2.05) is 54.9 Å². The maximum Gasteiger partial charge on any atom is 0.194 e. The molecule has 0 saturated carbocycles. The molecule has 0 bridgehead atoms. The summed E-state index contributed by atoms with van der Waals surface area (Å²) in [7, 11) is 0. The van der Waals surface area contributed by atoms with Crippen molar-refractivity contribution in [3.05, 3.63) is 125 Å². The molecule has 6 rings (SSSR count). The summed E-state index contributed by atoms with van der Waals surface area (Å²) < 4.78 is 3.37. The predicted molar refractivity (Wildman–Crippen MR) is 127 cm³/mol. The molecule has 0 fully saturated rings. The van der Waals surface area contributed by atoms with Crippen molar-refractivity contribution in [2.45, 2.75) is 0 Å². The van der Waals surface area contributed by atoms with Crippen LogP contribution in [0.5, 0.6) is 0 Å². The Morgan fingerprint density at radius 3 is 1.74 bits per heavy atom. The minimum atomic E-state index is -0.133. The molecule has 162 valence electrons. The average molecular weight is 443 g/mol. The van der Waals surface area contributed by atoms with Gasteiger partial charge in [-0.15, -0.1) is 0 Å². The molecule has 7 heteroatoms. The van der Waals surface area contributed by atoms with Gasteiger partial charge in [-0.1, -0.05) is 42.5 Å². The Morgan fingerprint density at radius 2 is 1.15 bits per heavy atom. The normalized spacial score (nSPS) is 12.7. The monoisotopic (exact) mass is 443 g/mol. The lowest BCUT2D eigenvalue weighted by molar-refractivity contribution is 0.0979. The highest BCUT2D eigenvalue weighted by molar-refractivity contribution is 6.28. The van der Waals surface area contributed by atoms with Crippen LogP contribution in [0, 0.1) is 0 Å². The van der Waals surface area contributed by atoms with Gasteiger partial charge >= 0.3 is 0 Å². The van der Waals surface area contributed by atoms with Gasteiger partial charge in [-0.2, -0.15) is 10.2 Å². The molecule has 3 heterocycles. The number of pyridine rings is 1. The third-order valence-corrected chi connectivity index (χ3v) is 5.72. The Kier molecular flexibility index (Phi) is 4.59. The van der Waals surface area contributed by atoms with Gasteiger partial charge < -0.3 is 0 Å². The van der Waals surface area contributed by atoms with Crippen LogP contribution < -0.4 is 0 Å². The summed E-state index contributed by atoms with van der Waals surface area (Å²) in [5.41, 5.74) is 3.47. The van der Waals surface area contributed by atoms with Gasteiger partial charge in [0.05, 0.1) is 0 Å². The first kappa shape index (κ1) is 19.8. The lowest BCUT2D eigenvalue weighted by atomic mass is 9.83. The fourth-order valence-electron chi connectivity index (χ4n) is 4.07. The van der Waals surface area contributed by atoms with Crippen molar-refractivity contribution in [2.75, 3.05) is 0 Å². The SMILES string of the molecule is O=C1c2ccccc2C(=O)c2cc(/C=C/c3cc(-n4cccn4)nc(-n4cccn4)c3)ccc21. The van der Waals surface area contributed by atoms with Crippen LogP contribution in [0.25, 0.3) is 23.8 Å². The number of carbonyl (C=O) groups is 2. The average Bonchev–Trinajstić information content (AvgIpc) is 3.61. The molecule has 0 N–H and O–H groups in total. The zero-order valence-electron chi connectivity index (χ0n) is 17.9. The van der Waals surface area contributed by atoms with E-state index in [0.717, 1.165) is 11.1 Å². The maximum absolute atomic E-state index is 13.0. The Hall–Kier alpha value is -4.91. The molecule has 3 aromatic heterocycles. The Morgan fingerprint density at radius 1 is 0.588 bits per heavy atom. The molecule has 0 atom stereocenters. The lowest BCUT2D eigenvalue weighted by Crippen LogP contribution is -2.20. The summed E-state index contributed by atoms with van der Waals surface area (Å²) in [6, 6.07) is 19.8. The maximum atomic E-state index is 13.0. The van der Waals surface area contributed by atoms with E-state index in [1.54, 1.807) is 58.2 Å². The van der Waals surface area contributed by atoms with Crippen LogP contribution in [0.15, 0.2) is 91.5 Å². The van der Waals surface area contributed by atoms with E-state index < -0.39 is 0 Å². The molecule has 1 aliphatic rings. The summed E-state index contributed by atoms with van der Waals surface area (Å²) in [5, 5.41) is 8.56. The third-order valence-electron chi connectivity index (χ3n) is 5.72. The van der Waals surface area contributed by atoms with Crippen molar-refractivity contribution in [1.82, 2.24) is 24.5 Å². The van der Waals surface area contributed by atoms with Gasteiger partial charge in [0.25, 0.3) is 0 Å². The minimum Gasteiger partial charge on any atom is -0.289 e. The number of aromatic nitrogens is 5. The number of nitrogens with zero attached hydrogens (tertiary/aromatic N) is 5. The predicted octanol–water partition coefficient (Wildman–Crippen LogP) is 4.40. The van der Waals surface area contributed by atoms with Crippen molar-refractivity contribution in [1.29, 1.82) is 0 Å². The van der Waals surface area contributed by atoms with E-state index in [9.17, 15) is 9.59 Å². The van der Waals surface area contributed by atoms with Gasteiger partial charge in [0, 0.05) is 47.0 Å². The number of benzene rings is 2.